The average molecular weight is 352 g/mol. The van der Waals surface area contributed by atoms with E-state index in [0.717, 1.165) is 43.8 Å². The normalized spacial score (nSPS) is 27.2. The van der Waals surface area contributed by atoms with E-state index in [1.165, 1.54) is 11.3 Å². The molecule has 2 atom stereocenters. The molecule has 1 saturated heterocycles. The monoisotopic (exact) mass is 351 g/mol. The van der Waals surface area contributed by atoms with Crippen molar-refractivity contribution in [2.45, 2.75) is 58.0 Å². The quantitative estimate of drug-likeness (QED) is 0.854. The lowest BCUT2D eigenvalue weighted by Gasteiger charge is -2.47. The van der Waals surface area contributed by atoms with E-state index in [9.17, 15) is 9.90 Å². The summed E-state index contributed by atoms with van der Waals surface area (Å²) in [6.45, 7) is 6.59. The van der Waals surface area contributed by atoms with E-state index < -0.39 is 5.60 Å². The predicted molar refractivity (Wildman–Crippen MR) is 97.5 cm³/mol. The van der Waals surface area contributed by atoms with Crippen molar-refractivity contribution in [1.29, 1.82) is 0 Å². The van der Waals surface area contributed by atoms with Crippen molar-refractivity contribution < 1.29 is 9.90 Å². The minimum atomic E-state index is -0.541. The highest BCUT2D eigenvalue weighted by molar-refractivity contribution is 7.13. The average Bonchev–Trinajstić information content (AvgIpc) is 3.02. The van der Waals surface area contributed by atoms with Crippen LogP contribution in [0, 0.1) is 11.8 Å². The van der Waals surface area contributed by atoms with Gasteiger partial charge in [-0.2, -0.15) is 0 Å². The third kappa shape index (κ3) is 3.91. The second-order valence-corrected chi connectivity index (χ2v) is 8.55. The number of fused-ring (bicyclic) bond motifs is 1. The van der Waals surface area contributed by atoms with Gasteiger partial charge in [0.25, 0.3) is 5.91 Å². The minimum Gasteiger partial charge on any atom is -0.389 e. The first-order chi connectivity index (χ1) is 11.5. The molecule has 1 saturated carbocycles. The molecule has 0 bridgehead atoms. The third-order valence-corrected chi connectivity index (χ3v) is 6.24. The molecule has 2 aliphatic rings. The van der Waals surface area contributed by atoms with Gasteiger partial charge in [0.1, 0.15) is 5.69 Å². The molecular formula is C18H29N3O2S. The van der Waals surface area contributed by atoms with Crippen molar-refractivity contribution in [3.63, 3.8) is 0 Å². The van der Waals surface area contributed by atoms with Crippen molar-refractivity contribution in [3.05, 3.63) is 11.1 Å². The molecule has 134 valence electrons. The number of likely N-dealkylation sites (tertiary alicyclic amines) is 1. The number of carbonyl (C=O) groups excluding carboxylic acids is 1. The number of nitrogens with one attached hydrogen (secondary N) is 1. The molecule has 2 N–H and O–H groups in total. The first-order valence-corrected chi connectivity index (χ1v) is 10.1. The van der Waals surface area contributed by atoms with Gasteiger partial charge in [0.2, 0.25) is 0 Å². The second kappa shape index (κ2) is 7.40. The minimum absolute atomic E-state index is 0.00998. The molecular weight excluding hydrogens is 322 g/mol. The summed E-state index contributed by atoms with van der Waals surface area (Å²) in [6.07, 6.45) is 5.98. The zero-order chi connectivity index (χ0) is 17.2. The fourth-order valence-electron chi connectivity index (χ4n) is 3.84. The van der Waals surface area contributed by atoms with Gasteiger partial charge in [0, 0.05) is 30.9 Å². The third-order valence-electron chi connectivity index (χ3n) is 5.44. The number of carbonyl (C=O) groups is 1. The Morgan fingerprint density at radius 1 is 1.50 bits per heavy atom. The summed E-state index contributed by atoms with van der Waals surface area (Å²) in [7, 11) is 0. The highest BCUT2D eigenvalue weighted by atomic mass is 32.1. The molecule has 1 aromatic rings. The van der Waals surface area contributed by atoms with E-state index >= 15 is 0 Å². The van der Waals surface area contributed by atoms with Crippen LogP contribution < -0.4 is 5.32 Å². The van der Waals surface area contributed by atoms with E-state index in [-0.39, 0.29) is 11.8 Å². The summed E-state index contributed by atoms with van der Waals surface area (Å²) in [4.78, 5) is 19.1. The zero-order valence-corrected chi connectivity index (χ0v) is 15.6. The summed E-state index contributed by atoms with van der Waals surface area (Å²) >= 11 is 1.50. The number of amides is 1. The van der Waals surface area contributed by atoms with E-state index in [2.05, 4.69) is 24.1 Å². The number of aromatic nitrogens is 1. The molecule has 3 rings (SSSR count). The van der Waals surface area contributed by atoms with Gasteiger partial charge in [-0.25, -0.2) is 4.98 Å². The van der Waals surface area contributed by atoms with Gasteiger partial charge in [0.05, 0.1) is 5.60 Å². The van der Waals surface area contributed by atoms with E-state index in [1.807, 2.05) is 10.3 Å². The Hall–Kier alpha value is -1.14. The Morgan fingerprint density at radius 3 is 3.12 bits per heavy atom. The van der Waals surface area contributed by atoms with E-state index in [4.69, 9.17) is 0 Å². The van der Waals surface area contributed by atoms with E-state index in [1.54, 1.807) is 0 Å². The molecule has 6 heteroatoms. The molecule has 24 heavy (non-hydrogen) atoms. The van der Waals surface area contributed by atoms with Gasteiger partial charge in [-0.15, -0.1) is 11.3 Å². The Kier molecular flexibility index (Phi) is 5.45. The van der Waals surface area contributed by atoms with Crippen molar-refractivity contribution in [1.82, 2.24) is 9.88 Å². The molecule has 0 aromatic carbocycles. The van der Waals surface area contributed by atoms with Gasteiger partial charge >= 0.3 is 0 Å². The van der Waals surface area contributed by atoms with Gasteiger partial charge < -0.3 is 15.3 Å². The molecule has 2 heterocycles. The van der Waals surface area contributed by atoms with Crippen molar-refractivity contribution in [3.8, 4) is 0 Å². The number of rotatable bonds is 5. The fourth-order valence-corrected chi connectivity index (χ4v) is 4.55. The van der Waals surface area contributed by atoms with Crippen LogP contribution in [-0.4, -0.2) is 46.1 Å². The number of nitrogens with zero attached hydrogens (tertiary/aromatic N) is 2. The smallest absolute Gasteiger partial charge is 0.273 e. The van der Waals surface area contributed by atoms with Crippen molar-refractivity contribution in [2.75, 3.05) is 25.0 Å². The van der Waals surface area contributed by atoms with Crippen LogP contribution in [0.25, 0.3) is 0 Å². The number of aliphatic hydroxyl groups is 1. The van der Waals surface area contributed by atoms with Crippen LogP contribution in [-0.2, 0) is 0 Å². The number of hydrogen-bond donors (Lipinski definition) is 2. The lowest BCUT2D eigenvalue weighted by molar-refractivity contribution is -0.0886. The summed E-state index contributed by atoms with van der Waals surface area (Å²) in [6, 6.07) is 0. The molecule has 1 amide bonds. The molecule has 0 spiro atoms. The van der Waals surface area contributed by atoms with Gasteiger partial charge in [-0.05, 0) is 31.6 Å². The fraction of sp³-hybridized carbons (Fsp3) is 0.778. The van der Waals surface area contributed by atoms with Crippen LogP contribution in [0.15, 0.2) is 5.38 Å². The Labute approximate surface area is 148 Å². The maximum absolute atomic E-state index is 12.7. The molecule has 5 nitrogen and oxygen atoms in total. The Bertz CT molecular complexity index is 574. The molecule has 2 fully saturated rings. The number of hydrogen-bond acceptors (Lipinski definition) is 5. The van der Waals surface area contributed by atoms with Crippen LogP contribution in [0.2, 0.25) is 0 Å². The van der Waals surface area contributed by atoms with Crippen LogP contribution in [0.1, 0.15) is 62.9 Å². The summed E-state index contributed by atoms with van der Waals surface area (Å²) in [5.41, 5.74) is -0.00555. The predicted octanol–water partition coefficient (Wildman–Crippen LogP) is 3.37. The Morgan fingerprint density at radius 2 is 2.33 bits per heavy atom. The lowest BCUT2D eigenvalue weighted by Crippen LogP contribution is -2.54. The number of anilines is 1. The van der Waals surface area contributed by atoms with Crippen LogP contribution in [0.3, 0.4) is 0 Å². The summed E-state index contributed by atoms with van der Waals surface area (Å²) in [5, 5.41) is 16.7. The summed E-state index contributed by atoms with van der Waals surface area (Å²) in [5.74, 6) is 0.892. The highest BCUT2D eigenvalue weighted by Gasteiger charge is 2.44. The number of piperidine rings is 1. The standard InChI is InChI=1S/C18H29N3O2S/c1-13(2)6-9-19-17-20-15(12-24-17)16(22)21-10-8-18(23)7-4-3-5-14(18)11-21/h12-14,23H,3-11H2,1-2H3,(H,19,20)/t14-,18+/m0/s1. The maximum atomic E-state index is 12.7. The zero-order valence-electron chi connectivity index (χ0n) is 14.8. The van der Waals surface area contributed by atoms with E-state index in [0.29, 0.717) is 31.1 Å². The summed E-state index contributed by atoms with van der Waals surface area (Å²) < 4.78 is 0. The van der Waals surface area contributed by atoms with Crippen molar-refractivity contribution in [2.24, 2.45) is 11.8 Å². The van der Waals surface area contributed by atoms with Gasteiger partial charge in [-0.3, -0.25) is 4.79 Å². The SMILES string of the molecule is CC(C)CCNc1nc(C(=O)N2CC[C@]3(O)CCCC[C@H]3C2)cs1. The van der Waals surface area contributed by atoms with Crippen LogP contribution in [0.5, 0.6) is 0 Å². The molecule has 0 radical (unpaired) electrons. The van der Waals surface area contributed by atoms with Gasteiger partial charge in [-0.1, -0.05) is 26.7 Å². The number of thiazole rings is 1. The molecule has 1 aliphatic carbocycles. The first-order valence-electron chi connectivity index (χ1n) is 9.19. The maximum Gasteiger partial charge on any atom is 0.273 e. The highest BCUT2D eigenvalue weighted by Crippen LogP contribution is 2.40. The van der Waals surface area contributed by atoms with Gasteiger partial charge in [0.15, 0.2) is 5.13 Å². The second-order valence-electron chi connectivity index (χ2n) is 7.69. The Balaban J connectivity index is 1.58. The molecule has 1 aromatic heterocycles. The first kappa shape index (κ1) is 17.7. The largest absolute Gasteiger partial charge is 0.389 e. The van der Waals surface area contributed by atoms with Crippen LogP contribution >= 0.6 is 11.3 Å². The topological polar surface area (TPSA) is 65.5 Å². The lowest BCUT2D eigenvalue weighted by atomic mass is 9.71. The molecule has 0 unspecified atom stereocenters. The molecule has 1 aliphatic heterocycles. The van der Waals surface area contributed by atoms with Crippen molar-refractivity contribution >= 4 is 22.4 Å². The van der Waals surface area contributed by atoms with Crippen LogP contribution in [0.4, 0.5) is 5.13 Å².